The van der Waals surface area contributed by atoms with Crippen LogP contribution in [0, 0.1) is 0 Å². The third-order valence-corrected chi connectivity index (χ3v) is 3.07. The van der Waals surface area contributed by atoms with Crippen molar-refractivity contribution in [1.29, 1.82) is 0 Å². The van der Waals surface area contributed by atoms with E-state index in [0.29, 0.717) is 11.1 Å². The lowest BCUT2D eigenvalue weighted by Gasteiger charge is -2.04. The number of para-hydroxylation sites is 1. The third kappa shape index (κ3) is 2.67. The minimum Gasteiger partial charge on any atom is -0.451 e. The first-order valence-corrected chi connectivity index (χ1v) is 6.52. The van der Waals surface area contributed by atoms with Crippen LogP contribution in [0.15, 0.2) is 57.9 Å². The van der Waals surface area contributed by atoms with Crippen molar-refractivity contribution < 1.29 is 18.7 Å². The lowest BCUT2D eigenvalue weighted by atomic mass is 10.2. The molecule has 2 heterocycles. The third-order valence-electron chi connectivity index (χ3n) is 3.07. The van der Waals surface area contributed by atoms with Gasteiger partial charge in [0.05, 0.1) is 11.1 Å². The zero-order valence-electron chi connectivity index (χ0n) is 11.4. The molecular weight excluding hydrogens is 286 g/mol. The van der Waals surface area contributed by atoms with Crippen LogP contribution in [-0.4, -0.2) is 23.3 Å². The van der Waals surface area contributed by atoms with Crippen LogP contribution in [0.1, 0.15) is 21.0 Å². The number of aromatic nitrogens is 1. The van der Waals surface area contributed by atoms with Crippen molar-refractivity contribution in [1.82, 2.24) is 4.98 Å². The Morgan fingerprint density at radius 1 is 1.14 bits per heavy atom. The number of hydrogen-bond donors (Lipinski definition) is 1. The van der Waals surface area contributed by atoms with Crippen LogP contribution in [0.3, 0.4) is 0 Å². The van der Waals surface area contributed by atoms with Gasteiger partial charge >= 0.3 is 5.97 Å². The molecule has 1 N–H and O–H groups in total. The molecule has 0 radical (unpaired) electrons. The van der Waals surface area contributed by atoms with E-state index < -0.39 is 12.6 Å². The summed E-state index contributed by atoms with van der Waals surface area (Å²) in [7, 11) is 0. The summed E-state index contributed by atoms with van der Waals surface area (Å²) in [6, 6.07) is 10.9. The van der Waals surface area contributed by atoms with Gasteiger partial charge in [0.1, 0.15) is 5.58 Å². The Morgan fingerprint density at radius 3 is 2.73 bits per heavy atom. The molecule has 0 saturated carbocycles. The van der Waals surface area contributed by atoms with Gasteiger partial charge in [0.25, 0.3) is 0 Å². The lowest BCUT2D eigenvalue weighted by Crippen LogP contribution is -2.16. The number of rotatable bonds is 4. The first-order valence-electron chi connectivity index (χ1n) is 6.52. The van der Waals surface area contributed by atoms with E-state index in [4.69, 9.17) is 9.15 Å². The number of ketones is 1. The number of aromatic amines is 1. The predicted octanol–water partition coefficient (Wildman–Crippen LogP) is 2.16. The highest BCUT2D eigenvalue weighted by Crippen LogP contribution is 2.12. The van der Waals surface area contributed by atoms with Gasteiger partial charge in [-0.2, -0.15) is 0 Å². The molecule has 0 aliphatic heterocycles. The second kappa shape index (κ2) is 5.69. The van der Waals surface area contributed by atoms with Crippen molar-refractivity contribution in [3.05, 3.63) is 70.3 Å². The van der Waals surface area contributed by atoms with Gasteiger partial charge in [-0.05, 0) is 24.3 Å². The molecule has 0 aliphatic rings. The minimum atomic E-state index is -0.859. The molecule has 0 amide bonds. The number of esters is 1. The van der Waals surface area contributed by atoms with Gasteiger partial charge in [-0.25, -0.2) is 4.79 Å². The monoisotopic (exact) mass is 297 g/mol. The fourth-order valence-electron chi connectivity index (χ4n) is 1.99. The normalized spacial score (nSPS) is 10.5. The highest BCUT2D eigenvalue weighted by atomic mass is 16.5. The van der Waals surface area contributed by atoms with Gasteiger partial charge in [-0.15, -0.1) is 0 Å². The number of hydrogen-bond acceptors (Lipinski definition) is 5. The summed E-state index contributed by atoms with van der Waals surface area (Å²) < 4.78 is 10.2. The minimum absolute atomic E-state index is 0.233. The average molecular weight is 297 g/mol. The largest absolute Gasteiger partial charge is 0.451 e. The van der Waals surface area contributed by atoms with Crippen LogP contribution in [0.25, 0.3) is 11.0 Å². The van der Waals surface area contributed by atoms with Crippen LogP contribution >= 0.6 is 0 Å². The van der Waals surface area contributed by atoms with E-state index in [9.17, 15) is 14.4 Å². The number of benzene rings is 1. The van der Waals surface area contributed by atoms with E-state index >= 15 is 0 Å². The molecule has 0 aliphatic carbocycles. The molecule has 2 aromatic heterocycles. The molecule has 22 heavy (non-hydrogen) atoms. The summed E-state index contributed by atoms with van der Waals surface area (Å²) in [5, 5.41) is 0.376. The molecule has 3 rings (SSSR count). The zero-order valence-corrected chi connectivity index (χ0v) is 11.4. The molecule has 6 heteroatoms. The van der Waals surface area contributed by atoms with Gasteiger partial charge in [0, 0.05) is 12.3 Å². The Morgan fingerprint density at radius 2 is 1.95 bits per heavy atom. The van der Waals surface area contributed by atoms with Gasteiger partial charge in [-0.1, -0.05) is 12.1 Å². The summed E-state index contributed by atoms with van der Waals surface area (Å²) in [4.78, 5) is 38.2. The fraction of sp³-hybridized carbons (Fsp3) is 0.0625. The molecule has 1 aromatic carbocycles. The standard InChI is InChI=1S/C16H11NO5/c18-12-8-15(22-14-6-2-1-4-10(12)14)16(20)21-9-13(19)11-5-3-7-17-11/h1-8,17H,9H2. The van der Waals surface area contributed by atoms with Crippen LogP contribution in [-0.2, 0) is 4.74 Å². The highest BCUT2D eigenvalue weighted by Gasteiger charge is 2.16. The summed E-state index contributed by atoms with van der Waals surface area (Å²) in [5.41, 5.74) is 0.287. The van der Waals surface area contributed by atoms with Gasteiger partial charge in [0.2, 0.25) is 11.5 Å². The smallest absolute Gasteiger partial charge is 0.374 e. The fourth-order valence-corrected chi connectivity index (χ4v) is 1.99. The van der Waals surface area contributed by atoms with Gasteiger partial charge in [-0.3, -0.25) is 9.59 Å². The van der Waals surface area contributed by atoms with Crippen molar-refractivity contribution in [2.45, 2.75) is 0 Å². The molecule has 0 unspecified atom stereocenters. The number of Topliss-reactive ketones (excluding diaryl/α,β-unsaturated/α-hetero) is 1. The summed E-state index contributed by atoms with van der Waals surface area (Å²) >= 11 is 0. The van der Waals surface area contributed by atoms with E-state index in [1.807, 2.05) is 0 Å². The Balaban J connectivity index is 1.78. The van der Waals surface area contributed by atoms with Crippen molar-refractivity contribution >= 4 is 22.7 Å². The lowest BCUT2D eigenvalue weighted by molar-refractivity contribution is 0.0443. The summed E-state index contributed by atoms with van der Waals surface area (Å²) in [5.74, 6) is -1.47. The quantitative estimate of drug-likeness (QED) is 0.588. The van der Waals surface area contributed by atoms with E-state index in [2.05, 4.69) is 4.98 Å². The molecule has 0 bridgehead atoms. The average Bonchev–Trinajstić information content (AvgIpc) is 3.06. The molecule has 0 atom stereocenters. The predicted molar refractivity (Wildman–Crippen MR) is 77.9 cm³/mol. The number of ether oxygens (including phenoxy) is 1. The molecule has 6 nitrogen and oxygen atoms in total. The SMILES string of the molecule is O=C(COC(=O)c1cc(=O)c2ccccc2o1)c1ccc[nH]1. The highest BCUT2D eigenvalue weighted by molar-refractivity contribution is 5.97. The van der Waals surface area contributed by atoms with Crippen LogP contribution in [0.4, 0.5) is 0 Å². The topological polar surface area (TPSA) is 89.4 Å². The maximum absolute atomic E-state index is 11.9. The van der Waals surface area contributed by atoms with Crippen molar-refractivity contribution in [2.24, 2.45) is 0 Å². The maximum atomic E-state index is 11.9. The molecular formula is C16H11NO5. The summed E-state index contributed by atoms with van der Waals surface area (Å²) in [6.07, 6.45) is 1.59. The van der Waals surface area contributed by atoms with Crippen molar-refractivity contribution in [2.75, 3.05) is 6.61 Å². The van der Waals surface area contributed by atoms with E-state index in [-0.39, 0.29) is 22.6 Å². The first-order chi connectivity index (χ1) is 10.6. The van der Waals surface area contributed by atoms with Crippen molar-refractivity contribution in [3.63, 3.8) is 0 Å². The molecule has 110 valence electrons. The van der Waals surface area contributed by atoms with Crippen molar-refractivity contribution in [3.8, 4) is 0 Å². The number of carbonyl (C=O) groups excluding carboxylic acids is 2. The maximum Gasteiger partial charge on any atom is 0.374 e. The van der Waals surface area contributed by atoms with E-state index in [0.717, 1.165) is 6.07 Å². The van der Waals surface area contributed by atoms with E-state index in [1.165, 1.54) is 0 Å². The second-order valence-electron chi connectivity index (χ2n) is 4.55. The Hall–Kier alpha value is -3.15. The Labute approximate surface area is 124 Å². The Bertz CT molecular complexity index is 892. The molecule has 3 aromatic rings. The second-order valence-corrected chi connectivity index (χ2v) is 4.55. The van der Waals surface area contributed by atoms with Gasteiger partial charge in [0.15, 0.2) is 12.0 Å². The molecule has 0 fully saturated rings. The van der Waals surface area contributed by atoms with Gasteiger partial charge < -0.3 is 14.1 Å². The van der Waals surface area contributed by atoms with Crippen LogP contribution in [0.5, 0.6) is 0 Å². The Kier molecular flexibility index (Phi) is 3.57. The van der Waals surface area contributed by atoms with Crippen LogP contribution < -0.4 is 5.43 Å². The number of H-pyrrole nitrogens is 1. The van der Waals surface area contributed by atoms with Crippen LogP contribution in [0.2, 0.25) is 0 Å². The number of nitrogens with one attached hydrogen (secondary N) is 1. The van der Waals surface area contributed by atoms with E-state index in [1.54, 1.807) is 42.6 Å². The molecule has 0 saturated heterocycles. The number of carbonyl (C=O) groups is 2. The molecule has 0 spiro atoms. The summed E-state index contributed by atoms with van der Waals surface area (Å²) in [6.45, 7) is -0.435. The first kappa shape index (κ1) is 13.8. The zero-order chi connectivity index (χ0) is 15.5. The number of fused-ring (bicyclic) bond motifs is 1.